The number of phenols is 1. The number of rotatable bonds is 15. The third kappa shape index (κ3) is 10.5. The Bertz CT molecular complexity index is 851. The summed E-state index contributed by atoms with van der Waals surface area (Å²) in [5.41, 5.74) is 12.3. The summed E-state index contributed by atoms with van der Waals surface area (Å²) in [6, 6.07) is 2.13. The molecule has 1 rings (SSSR count). The van der Waals surface area contributed by atoms with Crippen molar-refractivity contribution in [2.24, 2.45) is 17.4 Å². The molecule has 1 aromatic carbocycles. The number of hydrogen-bond donors (Lipinski definition) is 8. The number of carbonyl (C=O) groups excluding carboxylic acids is 3. The molecule has 0 spiro atoms. The monoisotopic (exact) mass is 511 g/mol. The van der Waals surface area contributed by atoms with Crippen molar-refractivity contribution in [1.29, 1.82) is 0 Å². The molecule has 12 heteroatoms. The zero-order valence-electron chi connectivity index (χ0n) is 20.1. The van der Waals surface area contributed by atoms with Crippen molar-refractivity contribution in [2.75, 3.05) is 12.3 Å². The van der Waals surface area contributed by atoms with Crippen LogP contribution in [0.1, 0.15) is 38.7 Å². The number of aliphatic carboxylic acids is 1. The maximum Gasteiger partial charge on any atom is 0.327 e. The first-order valence-corrected chi connectivity index (χ1v) is 12.1. The summed E-state index contributed by atoms with van der Waals surface area (Å²) in [4.78, 5) is 49.7. The van der Waals surface area contributed by atoms with Gasteiger partial charge in [0.2, 0.25) is 17.7 Å². The highest BCUT2D eigenvalue weighted by Crippen LogP contribution is 2.12. The lowest BCUT2D eigenvalue weighted by atomic mass is 10.00. The number of hydrogen-bond acceptors (Lipinski definition) is 8. The van der Waals surface area contributed by atoms with Gasteiger partial charge in [0, 0.05) is 5.75 Å². The second-order valence-electron chi connectivity index (χ2n) is 8.63. The SMILES string of the molecule is CC(C)C(NC(=O)C(N)Cc1ccc(O)cc1)C(=O)NC(CCCCN)C(=O)NC(CS)C(=O)O. The number of phenolic OH excluding ortho intramolecular Hbond substituents is 1. The van der Waals surface area contributed by atoms with Gasteiger partial charge in [-0.15, -0.1) is 0 Å². The van der Waals surface area contributed by atoms with Gasteiger partial charge in [0.05, 0.1) is 6.04 Å². The van der Waals surface area contributed by atoms with E-state index in [9.17, 15) is 29.4 Å². The fraction of sp³-hybridized carbons (Fsp3) is 0.565. The summed E-state index contributed by atoms with van der Waals surface area (Å²) in [5.74, 6) is -3.37. The Morgan fingerprint density at radius 2 is 1.54 bits per heavy atom. The molecule has 0 saturated heterocycles. The van der Waals surface area contributed by atoms with E-state index in [4.69, 9.17) is 11.5 Å². The first-order chi connectivity index (χ1) is 16.5. The molecule has 196 valence electrons. The van der Waals surface area contributed by atoms with Crippen molar-refractivity contribution >= 4 is 36.3 Å². The highest BCUT2D eigenvalue weighted by atomic mass is 32.1. The van der Waals surface area contributed by atoms with Crippen molar-refractivity contribution < 1.29 is 29.4 Å². The molecule has 11 nitrogen and oxygen atoms in total. The molecule has 35 heavy (non-hydrogen) atoms. The normalized spacial score (nSPS) is 14.5. The Hall–Kier alpha value is -2.83. The van der Waals surface area contributed by atoms with Gasteiger partial charge in [-0.25, -0.2) is 4.79 Å². The summed E-state index contributed by atoms with van der Waals surface area (Å²) in [6.45, 7) is 3.88. The molecule has 0 aliphatic heterocycles. The van der Waals surface area contributed by atoms with Crippen LogP contribution in [0, 0.1) is 5.92 Å². The average Bonchev–Trinajstić information content (AvgIpc) is 2.80. The van der Waals surface area contributed by atoms with E-state index in [2.05, 4.69) is 28.6 Å². The Labute approximate surface area is 210 Å². The number of thiol groups is 1. The van der Waals surface area contributed by atoms with Gasteiger partial charge in [0.15, 0.2) is 0 Å². The standard InChI is InChI=1S/C23H37N5O6S/c1-13(2)19(28-20(30)16(25)11-14-6-8-15(29)9-7-14)22(32)26-17(5-3-4-10-24)21(31)27-18(12-35)23(33)34/h6-9,13,16-19,29,35H,3-5,10-12,24-25H2,1-2H3,(H,26,32)(H,27,31)(H,28,30)(H,33,34). The Morgan fingerprint density at radius 1 is 0.943 bits per heavy atom. The van der Waals surface area contributed by atoms with Crippen molar-refractivity contribution in [2.45, 2.75) is 63.7 Å². The van der Waals surface area contributed by atoms with Crippen LogP contribution in [0.2, 0.25) is 0 Å². The predicted octanol–water partition coefficient (Wildman–Crippen LogP) is -0.484. The number of nitrogens with two attached hydrogens (primary N) is 2. The number of carboxylic acids is 1. The summed E-state index contributed by atoms with van der Waals surface area (Å²) >= 11 is 3.94. The van der Waals surface area contributed by atoms with E-state index in [1.54, 1.807) is 26.0 Å². The maximum absolute atomic E-state index is 13.0. The summed E-state index contributed by atoms with van der Waals surface area (Å²) in [7, 11) is 0. The van der Waals surface area contributed by atoms with E-state index in [0.29, 0.717) is 19.4 Å². The molecule has 0 aliphatic carbocycles. The molecule has 4 atom stereocenters. The number of unbranched alkanes of at least 4 members (excludes halogenated alkanes) is 1. The van der Waals surface area contributed by atoms with Crippen molar-refractivity contribution in [3.05, 3.63) is 29.8 Å². The van der Waals surface area contributed by atoms with E-state index in [1.807, 2.05) is 0 Å². The quantitative estimate of drug-likeness (QED) is 0.114. The largest absolute Gasteiger partial charge is 0.508 e. The lowest BCUT2D eigenvalue weighted by molar-refractivity contribution is -0.141. The van der Waals surface area contributed by atoms with Crippen LogP contribution in [0.25, 0.3) is 0 Å². The fourth-order valence-corrected chi connectivity index (χ4v) is 3.50. The van der Waals surface area contributed by atoms with Gasteiger partial charge in [-0.2, -0.15) is 12.6 Å². The third-order valence-corrected chi connectivity index (χ3v) is 5.72. The van der Waals surface area contributed by atoms with Gasteiger partial charge in [0.1, 0.15) is 23.9 Å². The minimum atomic E-state index is -1.24. The first-order valence-electron chi connectivity index (χ1n) is 11.5. The molecule has 9 N–H and O–H groups in total. The minimum Gasteiger partial charge on any atom is -0.508 e. The van der Waals surface area contributed by atoms with Gasteiger partial charge in [-0.3, -0.25) is 14.4 Å². The zero-order chi connectivity index (χ0) is 26.5. The van der Waals surface area contributed by atoms with Crippen molar-refractivity contribution in [3.8, 4) is 5.75 Å². The van der Waals surface area contributed by atoms with Gasteiger partial charge >= 0.3 is 5.97 Å². The molecule has 3 amide bonds. The molecule has 0 aromatic heterocycles. The van der Waals surface area contributed by atoms with Crippen LogP contribution in [-0.2, 0) is 25.6 Å². The van der Waals surface area contributed by atoms with Crippen LogP contribution in [0.15, 0.2) is 24.3 Å². The smallest absolute Gasteiger partial charge is 0.327 e. The predicted molar refractivity (Wildman–Crippen MR) is 135 cm³/mol. The van der Waals surface area contributed by atoms with Crippen LogP contribution in [0.4, 0.5) is 0 Å². The molecule has 0 heterocycles. The second kappa shape index (κ2) is 15.2. The molecule has 0 aliphatic rings. The molecule has 0 fully saturated rings. The number of aromatic hydroxyl groups is 1. The van der Waals surface area contributed by atoms with Crippen molar-refractivity contribution in [3.63, 3.8) is 0 Å². The van der Waals surface area contributed by atoms with Crippen LogP contribution >= 0.6 is 12.6 Å². The van der Waals surface area contributed by atoms with E-state index >= 15 is 0 Å². The van der Waals surface area contributed by atoms with Crippen molar-refractivity contribution in [1.82, 2.24) is 16.0 Å². The van der Waals surface area contributed by atoms with Gasteiger partial charge in [-0.05, 0) is 55.8 Å². The zero-order valence-corrected chi connectivity index (χ0v) is 21.0. The lowest BCUT2D eigenvalue weighted by Gasteiger charge is -2.27. The molecule has 0 saturated carbocycles. The molecule has 1 aromatic rings. The number of amides is 3. The Kier molecular flexibility index (Phi) is 13.1. The van der Waals surface area contributed by atoms with E-state index in [1.165, 1.54) is 12.1 Å². The Balaban J connectivity index is 2.89. The molecule has 0 radical (unpaired) electrons. The third-order valence-electron chi connectivity index (χ3n) is 5.35. The second-order valence-corrected chi connectivity index (χ2v) is 9.00. The molecular weight excluding hydrogens is 474 g/mol. The first kappa shape index (κ1) is 30.2. The van der Waals surface area contributed by atoms with Crippen LogP contribution in [0.5, 0.6) is 5.75 Å². The van der Waals surface area contributed by atoms with Gasteiger partial charge < -0.3 is 37.6 Å². The minimum absolute atomic E-state index is 0.0948. The summed E-state index contributed by atoms with van der Waals surface area (Å²) in [6.07, 6.45) is 1.59. The number of nitrogens with one attached hydrogen (secondary N) is 3. The Morgan fingerprint density at radius 3 is 2.06 bits per heavy atom. The van der Waals surface area contributed by atoms with E-state index in [0.717, 1.165) is 5.56 Å². The highest BCUT2D eigenvalue weighted by Gasteiger charge is 2.31. The summed E-state index contributed by atoms with van der Waals surface area (Å²) in [5, 5.41) is 26.2. The maximum atomic E-state index is 13.0. The van der Waals surface area contributed by atoms with E-state index < -0.39 is 47.9 Å². The van der Waals surface area contributed by atoms with E-state index in [-0.39, 0.29) is 30.3 Å². The van der Waals surface area contributed by atoms with Crippen LogP contribution in [-0.4, -0.2) is 70.4 Å². The fourth-order valence-electron chi connectivity index (χ4n) is 3.25. The number of carboxylic acid groups (broad SMARTS) is 1. The lowest BCUT2D eigenvalue weighted by Crippen LogP contribution is -2.58. The van der Waals surface area contributed by atoms with Crippen LogP contribution in [0.3, 0.4) is 0 Å². The highest BCUT2D eigenvalue weighted by molar-refractivity contribution is 7.80. The summed E-state index contributed by atoms with van der Waals surface area (Å²) < 4.78 is 0. The number of carbonyl (C=O) groups is 4. The topological polar surface area (TPSA) is 197 Å². The molecular formula is C23H37N5O6S. The molecule has 4 unspecified atom stereocenters. The average molecular weight is 512 g/mol. The van der Waals surface area contributed by atoms with Crippen LogP contribution < -0.4 is 27.4 Å². The van der Waals surface area contributed by atoms with Gasteiger partial charge in [0.25, 0.3) is 0 Å². The number of benzene rings is 1. The molecule has 0 bridgehead atoms. The van der Waals surface area contributed by atoms with Gasteiger partial charge in [-0.1, -0.05) is 26.0 Å².